The summed E-state index contributed by atoms with van der Waals surface area (Å²) in [5.41, 5.74) is -0.466. The molecule has 3 nitrogen and oxygen atoms in total. The van der Waals surface area contributed by atoms with E-state index in [-0.39, 0.29) is 23.7 Å². The Kier molecular flexibility index (Phi) is 1.86. The summed E-state index contributed by atoms with van der Waals surface area (Å²) in [4.78, 5) is 12.1. The fourth-order valence-electron chi connectivity index (χ4n) is 3.29. The molecule has 0 aromatic heterocycles. The van der Waals surface area contributed by atoms with Gasteiger partial charge in [0.2, 0.25) is 0 Å². The third-order valence-corrected chi connectivity index (χ3v) is 4.15. The van der Waals surface area contributed by atoms with Gasteiger partial charge in [-0.3, -0.25) is 4.79 Å². The molecule has 2 heterocycles. The van der Waals surface area contributed by atoms with E-state index in [1.165, 1.54) is 0 Å². The molecule has 0 aromatic rings. The van der Waals surface area contributed by atoms with Crippen LogP contribution < -0.4 is 0 Å². The second-order valence-corrected chi connectivity index (χ2v) is 5.02. The van der Waals surface area contributed by atoms with Crippen LogP contribution in [0.5, 0.6) is 0 Å². The average molecular weight is 208 g/mol. The molecule has 0 amide bonds. The van der Waals surface area contributed by atoms with Gasteiger partial charge in [0.25, 0.3) is 0 Å². The number of hydrogen-bond donors (Lipinski definition) is 1. The van der Waals surface area contributed by atoms with Gasteiger partial charge in [0, 0.05) is 5.92 Å². The van der Waals surface area contributed by atoms with Crippen molar-refractivity contribution in [3.63, 3.8) is 0 Å². The van der Waals surface area contributed by atoms with E-state index in [0.717, 1.165) is 19.3 Å². The number of hydrogen-bond acceptors (Lipinski definition) is 3. The van der Waals surface area contributed by atoms with Gasteiger partial charge in [-0.1, -0.05) is 19.1 Å². The van der Waals surface area contributed by atoms with Crippen LogP contribution in [-0.4, -0.2) is 28.7 Å². The number of ether oxygens (including phenoxy) is 1. The normalized spacial score (nSPS) is 53.1. The van der Waals surface area contributed by atoms with E-state index in [9.17, 15) is 9.90 Å². The van der Waals surface area contributed by atoms with Crippen molar-refractivity contribution in [1.82, 2.24) is 0 Å². The van der Waals surface area contributed by atoms with Gasteiger partial charge in [0.05, 0.1) is 23.7 Å². The Morgan fingerprint density at radius 3 is 3.20 bits per heavy atom. The highest BCUT2D eigenvalue weighted by Crippen LogP contribution is 2.48. The number of aliphatic hydroxyl groups is 1. The fraction of sp³-hybridized carbons (Fsp3) is 0.750. The number of rotatable bonds is 0. The molecule has 82 valence electrons. The number of carbonyl (C=O) groups is 1. The Balaban J connectivity index is 2.04. The lowest BCUT2D eigenvalue weighted by Crippen LogP contribution is -2.57. The van der Waals surface area contributed by atoms with Crippen LogP contribution in [0.3, 0.4) is 0 Å². The SMILES string of the molecule is C[C@H]1C(=O)[C@H]2[C@H](O)CCC[C@@]23C=C[C@@H]1O3. The van der Waals surface area contributed by atoms with E-state index in [0.29, 0.717) is 0 Å². The number of fused-ring (bicyclic) bond motifs is 1. The first-order valence-electron chi connectivity index (χ1n) is 5.73. The molecule has 0 radical (unpaired) electrons. The van der Waals surface area contributed by atoms with Crippen LogP contribution in [-0.2, 0) is 9.53 Å². The third-order valence-electron chi connectivity index (χ3n) is 4.15. The minimum Gasteiger partial charge on any atom is -0.392 e. The van der Waals surface area contributed by atoms with Gasteiger partial charge in [0.15, 0.2) is 0 Å². The molecule has 1 aliphatic carbocycles. The van der Waals surface area contributed by atoms with Gasteiger partial charge < -0.3 is 9.84 Å². The van der Waals surface area contributed by atoms with Crippen molar-refractivity contribution in [3.8, 4) is 0 Å². The number of aliphatic hydroxyl groups excluding tert-OH is 1. The summed E-state index contributed by atoms with van der Waals surface area (Å²) in [6.07, 6.45) is 5.99. The Bertz CT molecular complexity index is 336. The van der Waals surface area contributed by atoms with Crippen molar-refractivity contribution < 1.29 is 14.6 Å². The van der Waals surface area contributed by atoms with E-state index in [2.05, 4.69) is 0 Å². The zero-order valence-electron chi connectivity index (χ0n) is 8.85. The summed E-state index contributed by atoms with van der Waals surface area (Å²) in [6.45, 7) is 1.90. The minimum absolute atomic E-state index is 0.0564. The highest BCUT2D eigenvalue weighted by Gasteiger charge is 2.57. The smallest absolute Gasteiger partial charge is 0.147 e. The summed E-state index contributed by atoms with van der Waals surface area (Å²) in [5, 5.41) is 9.97. The molecule has 5 atom stereocenters. The lowest BCUT2D eigenvalue weighted by atomic mass is 9.68. The number of Topliss-reactive ketones (excluding diaryl/α,β-unsaturated/α-hetero) is 1. The predicted molar refractivity (Wildman–Crippen MR) is 54.3 cm³/mol. The molecule has 1 saturated carbocycles. The number of ketones is 1. The first-order valence-corrected chi connectivity index (χ1v) is 5.73. The van der Waals surface area contributed by atoms with Gasteiger partial charge in [-0.2, -0.15) is 0 Å². The Morgan fingerprint density at radius 2 is 2.40 bits per heavy atom. The third kappa shape index (κ3) is 1.11. The van der Waals surface area contributed by atoms with Crippen LogP contribution in [0.2, 0.25) is 0 Å². The van der Waals surface area contributed by atoms with Gasteiger partial charge in [-0.15, -0.1) is 0 Å². The summed E-state index contributed by atoms with van der Waals surface area (Å²) in [5.74, 6) is -0.241. The molecule has 2 bridgehead atoms. The summed E-state index contributed by atoms with van der Waals surface area (Å²) < 4.78 is 5.95. The second-order valence-electron chi connectivity index (χ2n) is 5.02. The van der Waals surface area contributed by atoms with Crippen LogP contribution in [0.15, 0.2) is 12.2 Å². The molecule has 2 fully saturated rings. The van der Waals surface area contributed by atoms with Crippen molar-refractivity contribution in [2.45, 2.75) is 44.0 Å². The standard InChI is InChI=1S/C12H16O3/c1-7-9-4-6-12(15-9)5-2-3-8(13)10(12)11(7)14/h4,6-10,13H,2-3,5H2,1H3/t7-,8-,9+,10-,12-/m1/s1. The summed E-state index contributed by atoms with van der Waals surface area (Å²) >= 11 is 0. The van der Waals surface area contributed by atoms with Crippen LogP contribution >= 0.6 is 0 Å². The topological polar surface area (TPSA) is 46.5 Å². The molecular weight excluding hydrogens is 192 g/mol. The molecular formula is C12H16O3. The molecule has 0 unspecified atom stereocenters. The highest BCUT2D eigenvalue weighted by molar-refractivity contribution is 5.87. The number of carbonyl (C=O) groups excluding carboxylic acids is 1. The van der Waals surface area contributed by atoms with Crippen molar-refractivity contribution in [3.05, 3.63) is 12.2 Å². The first-order chi connectivity index (χ1) is 7.14. The van der Waals surface area contributed by atoms with Crippen LogP contribution in [0.25, 0.3) is 0 Å². The van der Waals surface area contributed by atoms with Gasteiger partial charge >= 0.3 is 0 Å². The molecule has 3 heteroatoms. The van der Waals surface area contributed by atoms with Crippen molar-refractivity contribution in [1.29, 1.82) is 0 Å². The summed E-state index contributed by atoms with van der Waals surface area (Å²) in [6, 6.07) is 0. The predicted octanol–water partition coefficient (Wildman–Crippen LogP) is 1.06. The maximum atomic E-state index is 12.1. The van der Waals surface area contributed by atoms with Gasteiger partial charge in [-0.25, -0.2) is 0 Å². The molecule has 15 heavy (non-hydrogen) atoms. The molecule has 3 rings (SSSR count). The molecule has 1 saturated heterocycles. The molecule has 0 aromatic carbocycles. The van der Waals surface area contributed by atoms with Gasteiger partial charge in [0.1, 0.15) is 5.78 Å². The Hall–Kier alpha value is -0.670. The lowest BCUT2D eigenvalue weighted by Gasteiger charge is -2.47. The monoisotopic (exact) mass is 208 g/mol. The second kappa shape index (κ2) is 2.92. The Labute approximate surface area is 89.1 Å². The molecule has 3 aliphatic rings. The van der Waals surface area contributed by atoms with Crippen molar-refractivity contribution in [2.75, 3.05) is 0 Å². The van der Waals surface area contributed by atoms with Crippen LogP contribution in [0, 0.1) is 11.8 Å². The van der Waals surface area contributed by atoms with Gasteiger partial charge in [-0.05, 0) is 19.3 Å². The minimum atomic E-state index is -0.516. The maximum absolute atomic E-state index is 12.1. The van der Waals surface area contributed by atoms with E-state index < -0.39 is 11.7 Å². The van der Waals surface area contributed by atoms with Crippen molar-refractivity contribution >= 4 is 5.78 Å². The maximum Gasteiger partial charge on any atom is 0.147 e. The van der Waals surface area contributed by atoms with E-state index in [1.807, 2.05) is 19.1 Å². The quantitative estimate of drug-likeness (QED) is 0.605. The van der Waals surface area contributed by atoms with Crippen LogP contribution in [0.4, 0.5) is 0 Å². The van der Waals surface area contributed by atoms with E-state index in [1.54, 1.807) is 0 Å². The van der Waals surface area contributed by atoms with Crippen molar-refractivity contribution in [2.24, 2.45) is 11.8 Å². The fourth-order valence-corrected chi connectivity index (χ4v) is 3.29. The zero-order chi connectivity index (χ0) is 10.6. The molecule has 1 N–H and O–H groups in total. The lowest BCUT2D eigenvalue weighted by molar-refractivity contribution is -0.181. The average Bonchev–Trinajstić information content (AvgIpc) is 2.57. The first kappa shape index (κ1) is 9.55. The largest absolute Gasteiger partial charge is 0.392 e. The molecule has 2 aliphatic heterocycles. The highest BCUT2D eigenvalue weighted by atomic mass is 16.5. The van der Waals surface area contributed by atoms with E-state index >= 15 is 0 Å². The zero-order valence-corrected chi connectivity index (χ0v) is 8.85. The van der Waals surface area contributed by atoms with Crippen LogP contribution in [0.1, 0.15) is 26.2 Å². The molecule has 1 spiro atoms. The Morgan fingerprint density at radius 1 is 1.60 bits per heavy atom. The summed E-state index contributed by atoms with van der Waals surface area (Å²) in [7, 11) is 0. The van der Waals surface area contributed by atoms with E-state index in [4.69, 9.17) is 4.74 Å².